The van der Waals surface area contributed by atoms with Crippen molar-refractivity contribution in [2.75, 3.05) is 6.54 Å². The predicted molar refractivity (Wildman–Crippen MR) is 64.8 cm³/mol. The summed E-state index contributed by atoms with van der Waals surface area (Å²) in [6.45, 7) is 7.57. The maximum absolute atomic E-state index is 13.3. The van der Waals surface area contributed by atoms with Crippen LogP contribution in [0.3, 0.4) is 0 Å². The SMILES string of the molecule is CCNC1c2cc(F)ccc2CC(C)C1C. The van der Waals surface area contributed by atoms with Gasteiger partial charge in [-0.25, -0.2) is 4.39 Å². The summed E-state index contributed by atoms with van der Waals surface area (Å²) in [6, 6.07) is 5.52. The van der Waals surface area contributed by atoms with E-state index in [1.807, 2.05) is 6.07 Å². The first-order valence-corrected chi connectivity index (χ1v) is 6.15. The third-order valence-corrected chi connectivity index (χ3v) is 3.83. The van der Waals surface area contributed by atoms with Crippen LogP contribution < -0.4 is 5.32 Å². The molecule has 16 heavy (non-hydrogen) atoms. The molecule has 88 valence electrons. The van der Waals surface area contributed by atoms with Crippen LogP contribution in [0.4, 0.5) is 4.39 Å². The van der Waals surface area contributed by atoms with Crippen molar-refractivity contribution in [1.82, 2.24) is 5.32 Å². The van der Waals surface area contributed by atoms with E-state index in [2.05, 4.69) is 26.1 Å². The van der Waals surface area contributed by atoms with E-state index in [1.54, 1.807) is 12.1 Å². The van der Waals surface area contributed by atoms with Gasteiger partial charge in [-0.05, 0) is 48.1 Å². The molecule has 0 heterocycles. The Hall–Kier alpha value is -0.890. The average molecular weight is 221 g/mol. The summed E-state index contributed by atoms with van der Waals surface area (Å²) in [6.07, 6.45) is 1.07. The van der Waals surface area contributed by atoms with Crippen LogP contribution >= 0.6 is 0 Å². The predicted octanol–water partition coefficient (Wildman–Crippen LogP) is 3.30. The van der Waals surface area contributed by atoms with Gasteiger partial charge in [-0.1, -0.05) is 26.8 Å². The number of nitrogens with one attached hydrogen (secondary N) is 1. The number of benzene rings is 1. The first kappa shape index (κ1) is 11.6. The summed E-state index contributed by atoms with van der Waals surface area (Å²) in [5.41, 5.74) is 2.46. The smallest absolute Gasteiger partial charge is 0.123 e. The summed E-state index contributed by atoms with van der Waals surface area (Å²) >= 11 is 0. The number of rotatable bonds is 2. The Morgan fingerprint density at radius 2 is 2.12 bits per heavy atom. The summed E-state index contributed by atoms with van der Waals surface area (Å²) < 4.78 is 13.3. The van der Waals surface area contributed by atoms with Crippen LogP contribution in [-0.2, 0) is 6.42 Å². The van der Waals surface area contributed by atoms with E-state index in [0.29, 0.717) is 17.9 Å². The average Bonchev–Trinajstić information content (AvgIpc) is 2.26. The third-order valence-electron chi connectivity index (χ3n) is 3.83. The molecule has 0 fully saturated rings. The second kappa shape index (κ2) is 4.54. The van der Waals surface area contributed by atoms with Crippen LogP contribution in [0.1, 0.15) is 37.9 Å². The van der Waals surface area contributed by atoms with E-state index in [1.165, 1.54) is 5.56 Å². The van der Waals surface area contributed by atoms with E-state index in [9.17, 15) is 4.39 Å². The van der Waals surface area contributed by atoms with Gasteiger partial charge in [-0.15, -0.1) is 0 Å². The van der Waals surface area contributed by atoms with Crippen molar-refractivity contribution in [2.24, 2.45) is 11.8 Å². The molecule has 0 radical (unpaired) electrons. The lowest BCUT2D eigenvalue weighted by Gasteiger charge is -2.36. The Kier molecular flexibility index (Phi) is 3.29. The minimum atomic E-state index is -0.122. The zero-order valence-corrected chi connectivity index (χ0v) is 10.3. The summed E-state index contributed by atoms with van der Waals surface area (Å²) in [5, 5.41) is 3.48. The molecule has 0 spiro atoms. The van der Waals surface area contributed by atoms with Crippen LogP contribution in [0.5, 0.6) is 0 Å². The van der Waals surface area contributed by atoms with E-state index in [-0.39, 0.29) is 5.82 Å². The van der Waals surface area contributed by atoms with Gasteiger partial charge in [0.15, 0.2) is 0 Å². The van der Waals surface area contributed by atoms with Gasteiger partial charge >= 0.3 is 0 Å². The molecule has 1 aliphatic carbocycles. The summed E-state index contributed by atoms with van der Waals surface area (Å²) in [5.74, 6) is 1.10. The molecule has 1 N–H and O–H groups in total. The number of hydrogen-bond acceptors (Lipinski definition) is 1. The second-order valence-electron chi connectivity index (χ2n) is 4.92. The Morgan fingerprint density at radius 3 is 2.81 bits per heavy atom. The molecule has 2 heteroatoms. The molecule has 1 aliphatic rings. The second-order valence-corrected chi connectivity index (χ2v) is 4.92. The van der Waals surface area contributed by atoms with Crippen molar-refractivity contribution in [2.45, 2.75) is 33.2 Å². The Balaban J connectivity index is 2.40. The highest BCUT2D eigenvalue weighted by Crippen LogP contribution is 2.37. The van der Waals surface area contributed by atoms with Crippen molar-refractivity contribution < 1.29 is 4.39 Å². The molecule has 0 saturated heterocycles. The Labute approximate surface area is 97.1 Å². The molecule has 1 nitrogen and oxygen atoms in total. The quantitative estimate of drug-likeness (QED) is 0.808. The molecule has 1 aromatic rings. The minimum Gasteiger partial charge on any atom is -0.310 e. The molecule has 0 amide bonds. The maximum Gasteiger partial charge on any atom is 0.123 e. The molecular weight excluding hydrogens is 201 g/mol. The lowest BCUT2D eigenvalue weighted by molar-refractivity contribution is 0.266. The topological polar surface area (TPSA) is 12.0 Å². The normalized spacial score (nSPS) is 28.9. The zero-order chi connectivity index (χ0) is 11.7. The Morgan fingerprint density at radius 1 is 1.38 bits per heavy atom. The molecule has 0 aromatic heterocycles. The Bertz CT molecular complexity index is 375. The van der Waals surface area contributed by atoms with Crippen LogP contribution in [0, 0.1) is 17.7 Å². The largest absolute Gasteiger partial charge is 0.310 e. The molecule has 0 bridgehead atoms. The lowest BCUT2D eigenvalue weighted by Crippen LogP contribution is -2.35. The van der Waals surface area contributed by atoms with Crippen LogP contribution in [-0.4, -0.2) is 6.54 Å². The van der Waals surface area contributed by atoms with Gasteiger partial charge in [0.1, 0.15) is 5.82 Å². The third kappa shape index (κ3) is 1.99. The fourth-order valence-electron chi connectivity index (χ4n) is 2.70. The van der Waals surface area contributed by atoms with Crippen molar-refractivity contribution in [3.8, 4) is 0 Å². The molecule has 1 aromatic carbocycles. The van der Waals surface area contributed by atoms with Crippen LogP contribution in [0.25, 0.3) is 0 Å². The van der Waals surface area contributed by atoms with Gasteiger partial charge in [-0.2, -0.15) is 0 Å². The summed E-state index contributed by atoms with van der Waals surface area (Å²) in [7, 11) is 0. The van der Waals surface area contributed by atoms with E-state index >= 15 is 0 Å². The molecule has 2 rings (SSSR count). The van der Waals surface area contributed by atoms with Crippen molar-refractivity contribution in [3.63, 3.8) is 0 Å². The van der Waals surface area contributed by atoms with Crippen molar-refractivity contribution in [3.05, 3.63) is 35.1 Å². The standard InChI is InChI=1S/C14H20FN/c1-4-16-14-10(3)9(2)7-11-5-6-12(15)8-13(11)14/h5-6,8-10,14,16H,4,7H2,1-3H3. The maximum atomic E-state index is 13.3. The van der Waals surface area contributed by atoms with Gasteiger partial charge in [-0.3, -0.25) is 0 Å². The van der Waals surface area contributed by atoms with Gasteiger partial charge in [0.25, 0.3) is 0 Å². The zero-order valence-electron chi connectivity index (χ0n) is 10.3. The molecule has 3 atom stereocenters. The minimum absolute atomic E-state index is 0.122. The highest BCUT2D eigenvalue weighted by molar-refractivity contribution is 5.34. The molecule has 0 aliphatic heterocycles. The van der Waals surface area contributed by atoms with Gasteiger partial charge in [0, 0.05) is 6.04 Å². The lowest BCUT2D eigenvalue weighted by atomic mass is 9.74. The van der Waals surface area contributed by atoms with Crippen molar-refractivity contribution in [1.29, 1.82) is 0 Å². The molecular formula is C14H20FN. The fraction of sp³-hybridized carbons (Fsp3) is 0.571. The van der Waals surface area contributed by atoms with Gasteiger partial charge in [0.05, 0.1) is 0 Å². The van der Waals surface area contributed by atoms with Crippen LogP contribution in [0.15, 0.2) is 18.2 Å². The fourth-order valence-corrected chi connectivity index (χ4v) is 2.70. The first-order valence-electron chi connectivity index (χ1n) is 6.15. The van der Waals surface area contributed by atoms with E-state index in [0.717, 1.165) is 18.5 Å². The van der Waals surface area contributed by atoms with Crippen LogP contribution in [0.2, 0.25) is 0 Å². The highest BCUT2D eigenvalue weighted by atomic mass is 19.1. The number of hydrogen-bond donors (Lipinski definition) is 1. The monoisotopic (exact) mass is 221 g/mol. The number of halogens is 1. The van der Waals surface area contributed by atoms with E-state index < -0.39 is 0 Å². The first-order chi connectivity index (χ1) is 7.63. The summed E-state index contributed by atoms with van der Waals surface area (Å²) in [4.78, 5) is 0. The highest BCUT2D eigenvalue weighted by Gasteiger charge is 2.30. The van der Waals surface area contributed by atoms with Crippen molar-refractivity contribution >= 4 is 0 Å². The van der Waals surface area contributed by atoms with E-state index in [4.69, 9.17) is 0 Å². The number of fused-ring (bicyclic) bond motifs is 1. The molecule has 3 unspecified atom stereocenters. The molecule has 0 saturated carbocycles. The van der Waals surface area contributed by atoms with Gasteiger partial charge < -0.3 is 5.32 Å². The van der Waals surface area contributed by atoms with Gasteiger partial charge in [0.2, 0.25) is 0 Å².